The first-order valence-corrected chi connectivity index (χ1v) is 6.05. The summed E-state index contributed by atoms with van der Waals surface area (Å²) in [5, 5.41) is 20.4. The van der Waals surface area contributed by atoms with Crippen LogP contribution in [0.1, 0.15) is 18.4 Å². The van der Waals surface area contributed by atoms with E-state index in [1.54, 1.807) is 11.3 Å². The predicted molar refractivity (Wildman–Crippen MR) is 59.0 cm³/mol. The molecule has 5 nitrogen and oxygen atoms in total. The number of rotatable bonds is 2. The Morgan fingerprint density at radius 2 is 2.50 bits per heavy atom. The monoisotopic (exact) mass is 237 g/mol. The van der Waals surface area contributed by atoms with Crippen molar-refractivity contribution < 1.29 is 9.63 Å². The van der Waals surface area contributed by atoms with Crippen molar-refractivity contribution in [3.63, 3.8) is 0 Å². The van der Waals surface area contributed by atoms with E-state index in [1.807, 2.05) is 16.8 Å². The molecule has 1 aliphatic heterocycles. The van der Waals surface area contributed by atoms with Gasteiger partial charge in [0.15, 0.2) is 0 Å². The van der Waals surface area contributed by atoms with Crippen molar-refractivity contribution >= 4 is 11.3 Å². The van der Waals surface area contributed by atoms with Gasteiger partial charge in [-0.05, 0) is 17.9 Å². The molecule has 1 fully saturated rings. The van der Waals surface area contributed by atoms with Crippen LogP contribution in [0.4, 0.5) is 0 Å². The first-order valence-electron chi connectivity index (χ1n) is 5.10. The number of nitrogens with one attached hydrogen (secondary N) is 1. The van der Waals surface area contributed by atoms with Gasteiger partial charge in [0.1, 0.15) is 0 Å². The van der Waals surface area contributed by atoms with E-state index in [0.717, 1.165) is 5.56 Å². The molecule has 6 heteroatoms. The molecule has 0 saturated carbocycles. The SMILES string of the molecule is O[C@H]1CN[C@@H](c2nc(-c3ccsc3)no2)C1. The molecule has 0 bridgehead atoms. The molecular weight excluding hydrogens is 226 g/mol. The number of aliphatic hydroxyl groups excluding tert-OH is 1. The summed E-state index contributed by atoms with van der Waals surface area (Å²) in [7, 11) is 0. The fraction of sp³-hybridized carbons (Fsp3) is 0.400. The van der Waals surface area contributed by atoms with Gasteiger partial charge in [0, 0.05) is 17.5 Å². The van der Waals surface area contributed by atoms with Gasteiger partial charge in [-0.3, -0.25) is 0 Å². The molecule has 1 aliphatic rings. The van der Waals surface area contributed by atoms with E-state index in [-0.39, 0.29) is 12.1 Å². The first kappa shape index (κ1) is 9.95. The molecular formula is C10H11N3O2S. The normalized spacial score (nSPS) is 25.1. The molecule has 3 heterocycles. The second-order valence-corrected chi connectivity index (χ2v) is 4.60. The molecule has 2 aromatic rings. The summed E-state index contributed by atoms with van der Waals surface area (Å²) in [5.41, 5.74) is 0.971. The number of aliphatic hydroxyl groups is 1. The Kier molecular flexibility index (Phi) is 2.47. The van der Waals surface area contributed by atoms with E-state index in [1.165, 1.54) is 0 Å². The third kappa shape index (κ3) is 1.75. The van der Waals surface area contributed by atoms with Gasteiger partial charge in [0.2, 0.25) is 11.7 Å². The molecule has 2 aromatic heterocycles. The highest BCUT2D eigenvalue weighted by Gasteiger charge is 2.28. The smallest absolute Gasteiger partial charge is 0.244 e. The lowest BCUT2D eigenvalue weighted by atomic mass is 10.2. The molecule has 2 N–H and O–H groups in total. The molecule has 84 valence electrons. The van der Waals surface area contributed by atoms with E-state index in [2.05, 4.69) is 15.5 Å². The third-order valence-corrected chi connectivity index (χ3v) is 3.31. The number of thiophene rings is 1. The summed E-state index contributed by atoms with van der Waals surface area (Å²) in [6, 6.07) is 1.94. The van der Waals surface area contributed by atoms with Gasteiger partial charge in [-0.1, -0.05) is 5.16 Å². The molecule has 0 spiro atoms. The van der Waals surface area contributed by atoms with E-state index < -0.39 is 0 Å². The highest BCUT2D eigenvalue weighted by atomic mass is 32.1. The van der Waals surface area contributed by atoms with E-state index in [0.29, 0.717) is 24.7 Å². The van der Waals surface area contributed by atoms with Crippen LogP contribution in [0.2, 0.25) is 0 Å². The molecule has 2 atom stereocenters. The molecule has 0 aromatic carbocycles. The quantitative estimate of drug-likeness (QED) is 0.821. The lowest BCUT2D eigenvalue weighted by Crippen LogP contribution is -2.15. The van der Waals surface area contributed by atoms with Gasteiger partial charge < -0.3 is 14.9 Å². The van der Waals surface area contributed by atoms with Gasteiger partial charge >= 0.3 is 0 Å². The average molecular weight is 237 g/mol. The fourth-order valence-electron chi connectivity index (χ4n) is 1.79. The van der Waals surface area contributed by atoms with Crippen molar-refractivity contribution in [2.75, 3.05) is 6.54 Å². The summed E-state index contributed by atoms with van der Waals surface area (Å²) in [5.74, 6) is 1.16. The van der Waals surface area contributed by atoms with Crippen LogP contribution in [0, 0.1) is 0 Å². The van der Waals surface area contributed by atoms with Gasteiger partial charge in [-0.15, -0.1) is 0 Å². The Hall–Kier alpha value is -1.24. The standard InChI is InChI=1S/C10H11N3O2S/c14-7-3-8(11-4-7)10-12-9(13-15-10)6-1-2-16-5-6/h1-2,5,7-8,11,14H,3-4H2/t7-,8-/m1/s1. The maximum atomic E-state index is 9.40. The first-order chi connectivity index (χ1) is 7.83. The molecule has 0 amide bonds. The zero-order valence-electron chi connectivity index (χ0n) is 8.46. The largest absolute Gasteiger partial charge is 0.392 e. The maximum absolute atomic E-state index is 9.40. The number of β-amino-alcohol motifs (C(OH)–C–C–N with tert-alkyl or cyclic N) is 1. The summed E-state index contributed by atoms with van der Waals surface area (Å²) >= 11 is 1.60. The van der Waals surface area contributed by atoms with E-state index in [9.17, 15) is 5.11 Å². The van der Waals surface area contributed by atoms with E-state index in [4.69, 9.17) is 4.52 Å². The van der Waals surface area contributed by atoms with E-state index >= 15 is 0 Å². The van der Waals surface area contributed by atoms with Gasteiger partial charge in [0.05, 0.1) is 12.1 Å². The van der Waals surface area contributed by atoms with Crippen molar-refractivity contribution in [1.82, 2.24) is 15.5 Å². The molecule has 0 radical (unpaired) electrons. The van der Waals surface area contributed by atoms with Crippen LogP contribution in [-0.4, -0.2) is 27.9 Å². The minimum atomic E-state index is -0.318. The summed E-state index contributed by atoms with van der Waals surface area (Å²) in [4.78, 5) is 4.32. The topological polar surface area (TPSA) is 71.2 Å². The second-order valence-electron chi connectivity index (χ2n) is 3.82. The average Bonchev–Trinajstić information content (AvgIpc) is 2.97. The lowest BCUT2D eigenvalue weighted by Gasteiger charge is -2.01. The van der Waals surface area contributed by atoms with Crippen LogP contribution >= 0.6 is 11.3 Å². The molecule has 16 heavy (non-hydrogen) atoms. The Morgan fingerprint density at radius 1 is 1.56 bits per heavy atom. The van der Waals surface area contributed by atoms with Gasteiger partial charge in [-0.2, -0.15) is 16.3 Å². The summed E-state index contributed by atoms with van der Waals surface area (Å²) in [6.07, 6.45) is 0.312. The van der Waals surface area contributed by atoms with Gasteiger partial charge in [0.25, 0.3) is 0 Å². The lowest BCUT2D eigenvalue weighted by molar-refractivity contribution is 0.191. The van der Waals surface area contributed by atoms with Crippen molar-refractivity contribution in [3.05, 3.63) is 22.7 Å². The van der Waals surface area contributed by atoms with Crippen molar-refractivity contribution in [2.24, 2.45) is 0 Å². The predicted octanol–water partition coefficient (Wildman–Crippen LogP) is 1.19. The Labute approximate surface area is 96.1 Å². The highest BCUT2D eigenvalue weighted by Crippen LogP contribution is 2.25. The van der Waals surface area contributed by atoms with Crippen LogP contribution in [0.25, 0.3) is 11.4 Å². The third-order valence-electron chi connectivity index (χ3n) is 2.63. The fourth-order valence-corrected chi connectivity index (χ4v) is 2.43. The minimum absolute atomic E-state index is 0.0186. The Bertz CT molecular complexity index is 468. The maximum Gasteiger partial charge on any atom is 0.244 e. The van der Waals surface area contributed by atoms with Crippen LogP contribution < -0.4 is 5.32 Å². The number of nitrogens with zero attached hydrogens (tertiary/aromatic N) is 2. The number of hydrogen-bond donors (Lipinski definition) is 2. The molecule has 3 rings (SSSR count). The van der Waals surface area contributed by atoms with Crippen LogP contribution in [-0.2, 0) is 0 Å². The molecule has 1 saturated heterocycles. The molecule has 0 aliphatic carbocycles. The van der Waals surface area contributed by atoms with Crippen LogP contribution in [0.3, 0.4) is 0 Å². The Morgan fingerprint density at radius 3 is 3.19 bits per heavy atom. The Balaban J connectivity index is 1.83. The summed E-state index contributed by atoms with van der Waals surface area (Å²) < 4.78 is 5.19. The highest BCUT2D eigenvalue weighted by molar-refractivity contribution is 7.08. The van der Waals surface area contributed by atoms with Crippen LogP contribution in [0.5, 0.6) is 0 Å². The van der Waals surface area contributed by atoms with Crippen LogP contribution in [0.15, 0.2) is 21.3 Å². The molecule has 0 unspecified atom stereocenters. The zero-order valence-corrected chi connectivity index (χ0v) is 9.28. The van der Waals surface area contributed by atoms with Crippen molar-refractivity contribution in [1.29, 1.82) is 0 Å². The summed E-state index contributed by atoms with van der Waals surface area (Å²) in [6.45, 7) is 0.584. The zero-order chi connectivity index (χ0) is 11.0. The van der Waals surface area contributed by atoms with Gasteiger partial charge in [-0.25, -0.2) is 0 Å². The van der Waals surface area contributed by atoms with Crippen molar-refractivity contribution in [2.45, 2.75) is 18.6 Å². The second kappa shape index (κ2) is 3.97. The minimum Gasteiger partial charge on any atom is -0.392 e. The number of aromatic nitrogens is 2. The number of hydrogen-bond acceptors (Lipinski definition) is 6. The van der Waals surface area contributed by atoms with Crippen molar-refractivity contribution in [3.8, 4) is 11.4 Å².